The first-order chi connectivity index (χ1) is 14.2. The summed E-state index contributed by atoms with van der Waals surface area (Å²) < 4.78 is 1.24. The highest BCUT2D eigenvalue weighted by Gasteiger charge is 2.26. The van der Waals surface area contributed by atoms with Crippen LogP contribution in [0.1, 0.15) is 55.5 Å². The molecule has 1 amide bonds. The van der Waals surface area contributed by atoms with Gasteiger partial charge in [-0.25, -0.2) is 4.79 Å². The van der Waals surface area contributed by atoms with Crippen LogP contribution in [-0.4, -0.2) is 26.9 Å². The summed E-state index contributed by atoms with van der Waals surface area (Å²) in [7, 11) is 0. The summed E-state index contributed by atoms with van der Waals surface area (Å²) >= 11 is 0. The number of nitrogens with two attached hydrogens (primary N) is 1. The fourth-order valence-corrected chi connectivity index (χ4v) is 3.10. The van der Waals surface area contributed by atoms with Gasteiger partial charge in [-0.1, -0.05) is 32.8 Å². The number of hydrogen-bond acceptors (Lipinski definition) is 6. The van der Waals surface area contributed by atoms with Crippen molar-refractivity contribution in [3.8, 4) is 0 Å². The van der Waals surface area contributed by atoms with Crippen molar-refractivity contribution in [2.24, 2.45) is 0 Å². The van der Waals surface area contributed by atoms with E-state index in [2.05, 4.69) is 4.98 Å². The molecular weight excluding hydrogens is 390 g/mol. The van der Waals surface area contributed by atoms with Crippen molar-refractivity contribution >= 4 is 23.1 Å². The molecule has 1 aromatic carbocycles. The molecule has 0 aliphatic carbocycles. The molecule has 0 saturated heterocycles. The van der Waals surface area contributed by atoms with Gasteiger partial charge in [0.2, 0.25) is 0 Å². The highest BCUT2D eigenvalue weighted by atomic mass is 16.6. The zero-order valence-corrected chi connectivity index (χ0v) is 17.4. The lowest BCUT2D eigenvalue weighted by Crippen LogP contribution is -2.41. The molecule has 2 rings (SSSR count). The number of benzene rings is 1. The monoisotopic (exact) mass is 417 g/mol. The standard InChI is InChI=1S/C20H27N5O5/c1-4-6-10-23(19(27)14-9-8-13(3)15(12-14)25(29)30)16-17(21)24(11-7-5-2)20(28)22-18(16)26/h8-9,12H,4-7,10-11,21H2,1-3H3,(H,22,26,28). The van der Waals surface area contributed by atoms with Crippen LogP contribution in [0.3, 0.4) is 0 Å². The Morgan fingerprint density at radius 2 is 1.90 bits per heavy atom. The molecule has 0 atom stereocenters. The number of anilines is 2. The van der Waals surface area contributed by atoms with Crippen LogP contribution < -0.4 is 21.9 Å². The number of nitro groups is 1. The van der Waals surface area contributed by atoms with Gasteiger partial charge < -0.3 is 10.6 Å². The number of rotatable bonds is 9. The maximum atomic E-state index is 13.3. The number of nitrogen functional groups attached to an aromatic ring is 1. The Bertz CT molecular complexity index is 1060. The van der Waals surface area contributed by atoms with Gasteiger partial charge in [-0.3, -0.25) is 29.3 Å². The molecular formula is C20H27N5O5. The van der Waals surface area contributed by atoms with Crippen LogP contribution in [0.2, 0.25) is 0 Å². The predicted molar refractivity (Wildman–Crippen MR) is 115 cm³/mol. The molecule has 0 aliphatic rings. The van der Waals surface area contributed by atoms with E-state index >= 15 is 0 Å². The van der Waals surface area contributed by atoms with E-state index in [1.54, 1.807) is 6.92 Å². The van der Waals surface area contributed by atoms with Crippen molar-refractivity contribution in [2.45, 2.75) is 53.0 Å². The fourth-order valence-electron chi connectivity index (χ4n) is 3.10. The average molecular weight is 417 g/mol. The third-order valence-electron chi connectivity index (χ3n) is 4.85. The maximum absolute atomic E-state index is 13.3. The number of carbonyl (C=O) groups excluding carboxylic acids is 1. The zero-order chi connectivity index (χ0) is 22.4. The summed E-state index contributed by atoms with van der Waals surface area (Å²) in [6.07, 6.45) is 2.80. The molecule has 0 unspecified atom stereocenters. The fraction of sp³-hybridized carbons (Fsp3) is 0.450. The van der Waals surface area contributed by atoms with E-state index in [1.165, 1.54) is 27.7 Å². The van der Waals surface area contributed by atoms with Gasteiger partial charge in [-0.15, -0.1) is 0 Å². The van der Waals surface area contributed by atoms with E-state index in [-0.39, 0.29) is 29.3 Å². The van der Waals surface area contributed by atoms with Gasteiger partial charge in [0, 0.05) is 30.3 Å². The number of H-pyrrole nitrogens is 1. The number of nitrogens with zero attached hydrogens (tertiary/aromatic N) is 3. The van der Waals surface area contributed by atoms with E-state index in [0.717, 1.165) is 12.8 Å². The second kappa shape index (κ2) is 9.86. The zero-order valence-electron chi connectivity index (χ0n) is 17.4. The predicted octanol–water partition coefficient (Wildman–Crippen LogP) is 2.58. The Balaban J connectivity index is 2.62. The number of hydrogen-bond donors (Lipinski definition) is 2. The van der Waals surface area contributed by atoms with E-state index in [0.29, 0.717) is 24.9 Å². The van der Waals surface area contributed by atoms with Gasteiger partial charge >= 0.3 is 5.69 Å². The Kier molecular flexibility index (Phi) is 7.51. The van der Waals surface area contributed by atoms with Crippen LogP contribution in [-0.2, 0) is 6.54 Å². The van der Waals surface area contributed by atoms with Gasteiger partial charge in [0.1, 0.15) is 5.82 Å². The molecule has 0 aliphatic heterocycles. The molecule has 0 bridgehead atoms. The topological polar surface area (TPSA) is 144 Å². The Morgan fingerprint density at radius 1 is 1.23 bits per heavy atom. The molecule has 1 aromatic heterocycles. The molecule has 3 N–H and O–H groups in total. The minimum Gasteiger partial charge on any atom is -0.383 e. The highest BCUT2D eigenvalue weighted by Crippen LogP contribution is 2.24. The number of aromatic amines is 1. The third kappa shape index (κ3) is 4.76. The number of unbranched alkanes of at least 4 members (excludes halogenated alkanes) is 2. The second-order valence-electron chi connectivity index (χ2n) is 7.07. The van der Waals surface area contributed by atoms with Crippen LogP contribution >= 0.6 is 0 Å². The quantitative estimate of drug-likeness (QED) is 0.474. The first-order valence-electron chi connectivity index (χ1n) is 9.92. The van der Waals surface area contributed by atoms with Gasteiger partial charge in [-0.2, -0.15) is 0 Å². The summed E-state index contributed by atoms with van der Waals surface area (Å²) in [5.41, 5.74) is 4.93. The molecule has 1 heterocycles. The van der Waals surface area contributed by atoms with Crippen LogP contribution in [0.4, 0.5) is 17.2 Å². The van der Waals surface area contributed by atoms with Gasteiger partial charge in [0.15, 0.2) is 5.69 Å². The molecule has 0 fully saturated rings. The van der Waals surface area contributed by atoms with Crippen LogP contribution in [0.15, 0.2) is 27.8 Å². The lowest BCUT2D eigenvalue weighted by atomic mass is 10.1. The smallest absolute Gasteiger partial charge is 0.330 e. The second-order valence-corrected chi connectivity index (χ2v) is 7.07. The minimum atomic E-state index is -0.767. The number of aromatic nitrogens is 2. The van der Waals surface area contributed by atoms with Crippen molar-refractivity contribution in [3.05, 3.63) is 60.3 Å². The van der Waals surface area contributed by atoms with Crippen molar-refractivity contribution in [1.29, 1.82) is 0 Å². The van der Waals surface area contributed by atoms with Gasteiger partial charge in [0.25, 0.3) is 17.2 Å². The average Bonchev–Trinajstić information content (AvgIpc) is 2.69. The summed E-state index contributed by atoms with van der Waals surface area (Å²) in [5, 5.41) is 11.3. The first-order valence-corrected chi connectivity index (χ1v) is 9.92. The van der Waals surface area contributed by atoms with Gasteiger partial charge in [-0.05, 0) is 25.8 Å². The molecule has 10 nitrogen and oxygen atoms in total. The number of aryl methyl sites for hydroxylation is 1. The molecule has 162 valence electrons. The van der Waals surface area contributed by atoms with Crippen molar-refractivity contribution < 1.29 is 9.72 Å². The Labute approximate surface area is 173 Å². The molecule has 0 spiro atoms. The largest absolute Gasteiger partial charge is 0.383 e. The van der Waals surface area contributed by atoms with Crippen molar-refractivity contribution in [1.82, 2.24) is 9.55 Å². The van der Waals surface area contributed by atoms with Gasteiger partial charge in [0.05, 0.1) is 4.92 Å². The summed E-state index contributed by atoms with van der Waals surface area (Å²) in [4.78, 5) is 52.2. The van der Waals surface area contributed by atoms with E-state index in [4.69, 9.17) is 5.73 Å². The number of carbonyl (C=O) groups is 1. The lowest BCUT2D eigenvalue weighted by Gasteiger charge is -2.24. The molecule has 0 radical (unpaired) electrons. The van der Waals surface area contributed by atoms with Crippen LogP contribution in [0.25, 0.3) is 0 Å². The molecule has 10 heteroatoms. The van der Waals surface area contributed by atoms with Crippen molar-refractivity contribution in [3.63, 3.8) is 0 Å². The Hall–Kier alpha value is -3.43. The van der Waals surface area contributed by atoms with Crippen LogP contribution in [0, 0.1) is 17.0 Å². The van der Waals surface area contributed by atoms with E-state index < -0.39 is 22.1 Å². The molecule has 0 saturated carbocycles. The van der Waals surface area contributed by atoms with Crippen LogP contribution in [0.5, 0.6) is 0 Å². The summed E-state index contributed by atoms with van der Waals surface area (Å²) in [5.74, 6) is -0.687. The molecule has 30 heavy (non-hydrogen) atoms. The highest BCUT2D eigenvalue weighted by molar-refractivity contribution is 6.07. The number of nitro benzene ring substituents is 1. The number of nitrogens with one attached hydrogen (secondary N) is 1. The van der Waals surface area contributed by atoms with Crippen molar-refractivity contribution in [2.75, 3.05) is 17.2 Å². The maximum Gasteiger partial charge on any atom is 0.330 e. The number of amides is 1. The molecule has 2 aromatic rings. The normalized spacial score (nSPS) is 10.8. The first kappa shape index (κ1) is 22.9. The summed E-state index contributed by atoms with van der Waals surface area (Å²) in [6.45, 7) is 5.94. The minimum absolute atomic E-state index is 0.0634. The lowest BCUT2D eigenvalue weighted by molar-refractivity contribution is -0.385. The van der Waals surface area contributed by atoms with E-state index in [9.17, 15) is 24.5 Å². The summed E-state index contributed by atoms with van der Waals surface area (Å²) in [6, 6.07) is 4.15. The van der Waals surface area contributed by atoms with E-state index in [1.807, 2.05) is 13.8 Å². The Morgan fingerprint density at radius 3 is 2.50 bits per heavy atom. The SMILES string of the molecule is CCCCN(C(=O)c1ccc(C)c([N+](=O)[O-])c1)c1c(N)n(CCCC)c(=O)[nH]c1=O. The third-order valence-corrected chi connectivity index (χ3v) is 4.85.